The number of hydrogen-bond donors (Lipinski definition) is 1. The van der Waals surface area contributed by atoms with Crippen LogP contribution in [0.15, 0.2) is 60.0 Å². The number of fused-ring (bicyclic) bond motifs is 3. The van der Waals surface area contributed by atoms with Crippen LogP contribution in [0.1, 0.15) is 31.2 Å². The van der Waals surface area contributed by atoms with Crippen molar-refractivity contribution in [3.63, 3.8) is 0 Å². The van der Waals surface area contributed by atoms with Crippen LogP contribution in [-0.4, -0.2) is 30.6 Å². The summed E-state index contributed by atoms with van der Waals surface area (Å²) < 4.78 is 6.63. The highest BCUT2D eigenvalue weighted by Crippen LogP contribution is 2.39. The number of rotatable bonds is 5. The lowest BCUT2D eigenvalue weighted by Crippen LogP contribution is -2.51. The standard InChI is InChI=1S/C24H28N2O/c1-17-6-5-9-21(18-7-3-2-4-8-18)23(17)25-24(20-10-11-20)27-22-16-26-14-12-19(22)13-15-26/h2-9,19,22,25H,10-16H2,1H3. The number of allylic oxidation sites excluding steroid dienone is 1. The van der Waals surface area contributed by atoms with Gasteiger partial charge in [0.15, 0.2) is 5.88 Å². The maximum Gasteiger partial charge on any atom is 0.190 e. The molecule has 3 heterocycles. The smallest absolute Gasteiger partial charge is 0.190 e. The molecular weight excluding hydrogens is 332 g/mol. The van der Waals surface area contributed by atoms with E-state index < -0.39 is 0 Å². The second-order valence-corrected chi connectivity index (χ2v) is 8.22. The topological polar surface area (TPSA) is 24.5 Å². The molecule has 140 valence electrons. The van der Waals surface area contributed by atoms with Crippen molar-refractivity contribution in [2.75, 3.05) is 25.0 Å². The van der Waals surface area contributed by atoms with Gasteiger partial charge >= 0.3 is 0 Å². The van der Waals surface area contributed by atoms with Crippen molar-refractivity contribution >= 4 is 5.69 Å². The maximum absolute atomic E-state index is 6.63. The molecule has 1 unspecified atom stereocenters. The second-order valence-electron chi connectivity index (χ2n) is 8.22. The largest absolute Gasteiger partial charge is 0.474 e. The van der Waals surface area contributed by atoms with Crippen LogP contribution in [0.5, 0.6) is 0 Å². The monoisotopic (exact) mass is 360 g/mol. The summed E-state index contributed by atoms with van der Waals surface area (Å²) in [5.41, 5.74) is 6.36. The summed E-state index contributed by atoms with van der Waals surface area (Å²) >= 11 is 0. The van der Waals surface area contributed by atoms with E-state index in [2.05, 4.69) is 65.7 Å². The Balaban J connectivity index is 1.43. The Labute approximate surface area is 162 Å². The molecule has 4 aliphatic rings. The highest BCUT2D eigenvalue weighted by molar-refractivity contribution is 5.81. The predicted molar refractivity (Wildman–Crippen MR) is 111 cm³/mol. The van der Waals surface area contributed by atoms with E-state index >= 15 is 0 Å². The first-order valence-corrected chi connectivity index (χ1v) is 10.3. The van der Waals surface area contributed by atoms with Crippen molar-refractivity contribution in [2.45, 2.75) is 38.7 Å². The van der Waals surface area contributed by atoms with Gasteiger partial charge in [-0.1, -0.05) is 48.5 Å². The second kappa shape index (κ2) is 7.05. The Morgan fingerprint density at radius 1 is 1.00 bits per heavy atom. The van der Waals surface area contributed by atoms with Crippen LogP contribution in [-0.2, 0) is 4.74 Å². The molecule has 2 bridgehead atoms. The third-order valence-electron chi connectivity index (χ3n) is 6.28. The van der Waals surface area contributed by atoms with Gasteiger partial charge < -0.3 is 10.1 Å². The van der Waals surface area contributed by atoms with Gasteiger partial charge in [-0.2, -0.15) is 0 Å². The minimum atomic E-state index is 0.340. The molecule has 1 aliphatic carbocycles. The van der Waals surface area contributed by atoms with Crippen molar-refractivity contribution in [3.8, 4) is 11.1 Å². The van der Waals surface area contributed by atoms with Gasteiger partial charge in [0.1, 0.15) is 6.10 Å². The fourth-order valence-electron chi connectivity index (χ4n) is 4.49. The average molecular weight is 361 g/mol. The Hall–Kier alpha value is -2.26. The molecule has 2 aromatic carbocycles. The highest BCUT2D eigenvalue weighted by Gasteiger charge is 2.37. The van der Waals surface area contributed by atoms with E-state index in [9.17, 15) is 0 Å². The quantitative estimate of drug-likeness (QED) is 0.743. The number of aryl methyl sites for hydroxylation is 1. The molecule has 0 radical (unpaired) electrons. The molecule has 6 rings (SSSR count). The normalized spacial score (nSPS) is 26.0. The number of nitrogens with one attached hydrogen (secondary N) is 1. The molecule has 1 N–H and O–H groups in total. The first-order chi connectivity index (χ1) is 13.3. The first-order valence-electron chi connectivity index (χ1n) is 10.3. The Kier molecular flexibility index (Phi) is 4.41. The number of piperidine rings is 3. The van der Waals surface area contributed by atoms with Gasteiger partial charge in [0.25, 0.3) is 0 Å². The number of para-hydroxylation sites is 1. The SMILES string of the molecule is Cc1cccc(-c2ccccc2)c1NC(OC1CN2CCC1CC2)=C1CC1. The Bertz CT molecular complexity index is 844. The van der Waals surface area contributed by atoms with Crippen LogP contribution in [0.4, 0.5) is 5.69 Å². The summed E-state index contributed by atoms with van der Waals surface area (Å²) in [4.78, 5) is 2.56. The van der Waals surface area contributed by atoms with E-state index in [1.807, 2.05) is 0 Å². The van der Waals surface area contributed by atoms with E-state index in [-0.39, 0.29) is 0 Å². The van der Waals surface area contributed by atoms with Crippen molar-refractivity contribution in [1.82, 2.24) is 4.90 Å². The summed E-state index contributed by atoms with van der Waals surface area (Å²) in [6.45, 7) is 5.76. The molecule has 2 aromatic rings. The Morgan fingerprint density at radius 2 is 1.78 bits per heavy atom. The van der Waals surface area contributed by atoms with Crippen LogP contribution in [0.3, 0.4) is 0 Å². The number of hydrogen-bond acceptors (Lipinski definition) is 3. The molecule has 1 saturated carbocycles. The predicted octanol–water partition coefficient (Wildman–Crippen LogP) is 5.19. The summed E-state index contributed by atoms with van der Waals surface area (Å²) in [5, 5.41) is 3.72. The molecular formula is C24H28N2O. The van der Waals surface area contributed by atoms with E-state index in [0.29, 0.717) is 6.10 Å². The van der Waals surface area contributed by atoms with E-state index in [1.54, 1.807) is 0 Å². The molecule has 4 fully saturated rings. The minimum absolute atomic E-state index is 0.340. The average Bonchev–Trinajstić information content (AvgIpc) is 3.56. The molecule has 3 heteroatoms. The van der Waals surface area contributed by atoms with Gasteiger partial charge in [-0.15, -0.1) is 0 Å². The van der Waals surface area contributed by atoms with Crippen LogP contribution >= 0.6 is 0 Å². The van der Waals surface area contributed by atoms with Crippen LogP contribution in [0.2, 0.25) is 0 Å². The molecule has 3 saturated heterocycles. The maximum atomic E-state index is 6.63. The van der Waals surface area contributed by atoms with Gasteiger partial charge in [-0.05, 0) is 68.3 Å². The lowest BCUT2D eigenvalue weighted by molar-refractivity contribution is -0.0405. The molecule has 3 nitrogen and oxygen atoms in total. The van der Waals surface area contributed by atoms with Crippen molar-refractivity contribution in [3.05, 3.63) is 65.6 Å². The fraction of sp³-hybridized carbons (Fsp3) is 0.417. The van der Waals surface area contributed by atoms with Crippen molar-refractivity contribution in [1.29, 1.82) is 0 Å². The van der Waals surface area contributed by atoms with Gasteiger partial charge in [-0.25, -0.2) is 0 Å². The molecule has 27 heavy (non-hydrogen) atoms. The zero-order valence-electron chi connectivity index (χ0n) is 16.1. The third-order valence-corrected chi connectivity index (χ3v) is 6.28. The van der Waals surface area contributed by atoms with Gasteiger partial charge in [0.05, 0.1) is 5.69 Å². The number of nitrogens with zero attached hydrogens (tertiary/aromatic N) is 1. The van der Waals surface area contributed by atoms with E-state index in [4.69, 9.17) is 4.74 Å². The summed E-state index contributed by atoms with van der Waals surface area (Å²) in [5.74, 6) is 1.75. The summed E-state index contributed by atoms with van der Waals surface area (Å²) in [7, 11) is 0. The summed E-state index contributed by atoms with van der Waals surface area (Å²) in [6.07, 6.45) is 5.23. The van der Waals surface area contributed by atoms with E-state index in [0.717, 1.165) is 31.2 Å². The Morgan fingerprint density at radius 3 is 2.44 bits per heavy atom. The number of ether oxygens (including phenoxy) is 1. The molecule has 1 atom stereocenters. The lowest BCUT2D eigenvalue weighted by Gasteiger charge is -2.44. The minimum Gasteiger partial charge on any atom is -0.474 e. The van der Waals surface area contributed by atoms with Crippen molar-refractivity contribution < 1.29 is 4.74 Å². The zero-order chi connectivity index (χ0) is 18.2. The molecule has 0 aromatic heterocycles. The molecule has 0 amide bonds. The fourth-order valence-corrected chi connectivity index (χ4v) is 4.49. The zero-order valence-corrected chi connectivity index (χ0v) is 16.1. The van der Waals surface area contributed by atoms with Gasteiger partial charge in [0.2, 0.25) is 0 Å². The lowest BCUT2D eigenvalue weighted by atomic mass is 9.86. The molecule has 0 spiro atoms. The third kappa shape index (κ3) is 3.49. The van der Waals surface area contributed by atoms with Crippen molar-refractivity contribution in [2.24, 2.45) is 5.92 Å². The van der Waals surface area contributed by atoms with Crippen LogP contribution in [0.25, 0.3) is 11.1 Å². The van der Waals surface area contributed by atoms with Gasteiger partial charge in [-0.3, -0.25) is 4.90 Å². The van der Waals surface area contributed by atoms with Crippen LogP contribution in [0, 0.1) is 12.8 Å². The van der Waals surface area contributed by atoms with Crippen LogP contribution < -0.4 is 5.32 Å². The molecule has 3 aliphatic heterocycles. The first kappa shape index (κ1) is 16.9. The van der Waals surface area contributed by atoms with E-state index in [1.165, 1.54) is 53.9 Å². The summed E-state index contributed by atoms with van der Waals surface area (Å²) in [6, 6.07) is 17.2. The number of benzene rings is 2. The van der Waals surface area contributed by atoms with Gasteiger partial charge in [0, 0.05) is 12.1 Å². The number of anilines is 1. The highest BCUT2D eigenvalue weighted by atomic mass is 16.5.